The second kappa shape index (κ2) is 7.92. The third-order valence-corrected chi connectivity index (χ3v) is 4.57. The Morgan fingerprint density at radius 1 is 1.42 bits per heavy atom. The summed E-state index contributed by atoms with van der Waals surface area (Å²) in [6, 6.07) is 8.24. The van der Waals surface area contributed by atoms with E-state index in [0.29, 0.717) is 13.2 Å². The fourth-order valence-electron chi connectivity index (χ4n) is 1.98. The van der Waals surface area contributed by atoms with Crippen molar-refractivity contribution in [2.24, 2.45) is 0 Å². The average molecular weight is 344 g/mol. The lowest BCUT2D eigenvalue weighted by Crippen LogP contribution is -2.33. The van der Waals surface area contributed by atoms with Crippen LogP contribution in [0.3, 0.4) is 0 Å². The van der Waals surface area contributed by atoms with Crippen molar-refractivity contribution in [3.05, 3.63) is 29.8 Å². The lowest BCUT2D eigenvalue weighted by Gasteiger charge is -2.09. The molecule has 1 heterocycles. The molecular weight excluding hydrogens is 326 g/mol. The minimum Gasteiger partial charge on any atom is -0.381 e. The van der Waals surface area contributed by atoms with Crippen LogP contribution in [0.4, 0.5) is 0 Å². The van der Waals surface area contributed by atoms with Gasteiger partial charge in [-0.25, -0.2) is 0 Å². The molecule has 0 spiro atoms. The minimum atomic E-state index is 0.0286. The van der Waals surface area contributed by atoms with E-state index in [0.717, 1.165) is 24.8 Å². The van der Waals surface area contributed by atoms with Gasteiger partial charge in [0.1, 0.15) is 0 Å². The van der Waals surface area contributed by atoms with Crippen LogP contribution < -0.4 is 5.32 Å². The Morgan fingerprint density at radius 3 is 3.05 bits per heavy atom. The molecule has 1 N–H and O–H groups in total. The van der Waals surface area contributed by atoms with Crippen molar-refractivity contribution in [2.75, 3.05) is 25.1 Å². The third-order valence-electron chi connectivity index (χ3n) is 2.93. The first-order valence-electron chi connectivity index (χ1n) is 6.47. The maximum atomic E-state index is 12.0. The van der Waals surface area contributed by atoms with Crippen LogP contribution in [0.15, 0.2) is 29.2 Å². The molecule has 1 atom stereocenters. The van der Waals surface area contributed by atoms with E-state index in [9.17, 15) is 4.79 Å². The number of benzene rings is 1. The number of carbonyl (C=O) groups excluding carboxylic acids is 1. The first-order valence-corrected chi connectivity index (χ1v) is 8.47. The van der Waals surface area contributed by atoms with Crippen molar-refractivity contribution < 1.29 is 9.53 Å². The molecular formula is C14H18BrNO2S. The second-order valence-corrected chi connectivity index (χ2v) is 6.40. The van der Waals surface area contributed by atoms with Crippen molar-refractivity contribution >= 4 is 33.6 Å². The van der Waals surface area contributed by atoms with Crippen molar-refractivity contribution in [1.29, 1.82) is 0 Å². The monoisotopic (exact) mass is 343 g/mol. The van der Waals surface area contributed by atoms with E-state index in [1.54, 1.807) is 11.8 Å². The number of hydrogen-bond acceptors (Lipinski definition) is 3. The van der Waals surface area contributed by atoms with Gasteiger partial charge in [-0.3, -0.25) is 4.79 Å². The van der Waals surface area contributed by atoms with E-state index < -0.39 is 0 Å². The molecule has 0 saturated carbocycles. The predicted octanol–water partition coefficient (Wildman–Crippen LogP) is 2.62. The summed E-state index contributed by atoms with van der Waals surface area (Å²) in [5.41, 5.74) is 1.29. The van der Waals surface area contributed by atoms with E-state index in [-0.39, 0.29) is 11.2 Å². The van der Waals surface area contributed by atoms with Gasteiger partial charge in [-0.2, -0.15) is 0 Å². The molecule has 2 rings (SSSR count). The second-order valence-electron chi connectivity index (χ2n) is 4.36. The topological polar surface area (TPSA) is 38.3 Å². The Balaban J connectivity index is 1.66. The Labute approximate surface area is 126 Å². The quantitative estimate of drug-likeness (QED) is 0.610. The Morgan fingerprint density at radius 2 is 2.26 bits per heavy atom. The number of halogens is 1. The lowest BCUT2D eigenvalue weighted by atomic mass is 10.1. The van der Waals surface area contributed by atoms with Gasteiger partial charge in [0, 0.05) is 23.4 Å². The van der Waals surface area contributed by atoms with Crippen LogP contribution in [0.5, 0.6) is 0 Å². The summed E-state index contributed by atoms with van der Waals surface area (Å²) in [4.78, 5) is 13.3. The molecule has 0 saturated heterocycles. The van der Waals surface area contributed by atoms with Gasteiger partial charge in [-0.05, 0) is 24.5 Å². The minimum absolute atomic E-state index is 0.0286. The van der Waals surface area contributed by atoms with Gasteiger partial charge >= 0.3 is 0 Å². The fourth-order valence-corrected chi connectivity index (χ4v) is 3.43. The van der Waals surface area contributed by atoms with E-state index >= 15 is 0 Å². The first-order chi connectivity index (χ1) is 9.31. The van der Waals surface area contributed by atoms with Crippen LogP contribution in [0.25, 0.3) is 0 Å². The first kappa shape index (κ1) is 14.9. The largest absolute Gasteiger partial charge is 0.381 e. The van der Waals surface area contributed by atoms with Crippen molar-refractivity contribution in [2.45, 2.75) is 23.0 Å². The highest BCUT2D eigenvalue weighted by atomic mass is 79.9. The molecule has 1 aromatic rings. The Bertz CT molecular complexity index is 403. The number of fused-ring (bicyclic) bond motifs is 1. The van der Waals surface area contributed by atoms with Crippen molar-refractivity contribution in [3.63, 3.8) is 0 Å². The molecule has 1 aliphatic heterocycles. The molecule has 3 nitrogen and oxygen atoms in total. The number of alkyl halides is 1. The summed E-state index contributed by atoms with van der Waals surface area (Å²) in [6.07, 6.45) is 1.70. The van der Waals surface area contributed by atoms with E-state index in [1.807, 2.05) is 12.1 Å². The molecule has 0 aromatic heterocycles. The van der Waals surface area contributed by atoms with Crippen molar-refractivity contribution in [3.8, 4) is 0 Å². The highest BCUT2D eigenvalue weighted by Crippen LogP contribution is 2.36. The smallest absolute Gasteiger partial charge is 0.233 e. The number of ether oxygens (including phenoxy) is 1. The van der Waals surface area contributed by atoms with E-state index in [1.165, 1.54) is 10.5 Å². The normalized spacial score (nSPS) is 17.2. The van der Waals surface area contributed by atoms with Gasteiger partial charge < -0.3 is 10.1 Å². The Kier molecular flexibility index (Phi) is 6.20. The summed E-state index contributed by atoms with van der Waals surface area (Å²) in [6.45, 7) is 2.11. The number of nitrogens with one attached hydrogen (secondary N) is 1. The molecule has 1 unspecified atom stereocenters. The molecule has 0 aliphatic carbocycles. The number of hydrogen-bond donors (Lipinski definition) is 1. The number of rotatable bonds is 7. The zero-order valence-electron chi connectivity index (χ0n) is 10.7. The summed E-state index contributed by atoms with van der Waals surface area (Å²) < 4.78 is 5.34. The highest BCUT2D eigenvalue weighted by molar-refractivity contribution is 9.09. The predicted molar refractivity (Wildman–Crippen MR) is 82.0 cm³/mol. The molecule has 1 amide bonds. The van der Waals surface area contributed by atoms with Crippen LogP contribution in [-0.4, -0.2) is 36.2 Å². The molecule has 0 radical (unpaired) electrons. The number of thioether (sulfide) groups is 1. The van der Waals surface area contributed by atoms with Crippen LogP contribution in [0.1, 0.15) is 12.0 Å². The zero-order chi connectivity index (χ0) is 13.5. The molecule has 19 heavy (non-hydrogen) atoms. The summed E-state index contributed by atoms with van der Waals surface area (Å²) in [7, 11) is 0. The maximum Gasteiger partial charge on any atom is 0.233 e. The summed E-state index contributed by atoms with van der Waals surface area (Å²) in [5, 5.41) is 3.87. The van der Waals surface area contributed by atoms with Crippen LogP contribution in [0.2, 0.25) is 0 Å². The van der Waals surface area contributed by atoms with Crippen LogP contribution in [-0.2, 0) is 16.0 Å². The maximum absolute atomic E-state index is 12.0. The average Bonchev–Trinajstić information content (AvgIpc) is 2.86. The summed E-state index contributed by atoms with van der Waals surface area (Å²) >= 11 is 4.97. The third kappa shape index (κ3) is 4.51. The molecule has 0 fully saturated rings. The molecule has 104 valence electrons. The van der Waals surface area contributed by atoms with Crippen molar-refractivity contribution in [1.82, 2.24) is 5.32 Å². The van der Waals surface area contributed by atoms with Crippen LogP contribution in [0, 0.1) is 0 Å². The zero-order valence-corrected chi connectivity index (χ0v) is 13.1. The molecule has 0 bridgehead atoms. The van der Waals surface area contributed by atoms with Gasteiger partial charge in [0.25, 0.3) is 0 Å². The lowest BCUT2D eigenvalue weighted by molar-refractivity contribution is -0.120. The van der Waals surface area contributed by atoms with Gasteiger partial charge in [0.15, 0.2) is 0 Å². The van der Waals surface area contributed by atoms with Gasteiger partial charge in [0.2, 0.25) is 5.91 Å². The fraction of sp³-hybridized carbons (Fsp3) is 0.500. The van der Waals surface area contributed by atoms with E-state index in [4.69, 9.17) is 4.74 Å². The number of carbonyl (C=O) groups is 1. The van der Waals surface area contributed by atoms with Gasteiger partial charge in [0.05, 0.1) is 11.9 Å². The van der Waals surface area contributed by atoms with Gasteiger partial charge in [-0.1, -0.05) is 34.1 Å². The van der Waals surface area contributed by atoms with E-state index in [2.05, 4.69) is 33.4 Å². The standard InChI is InChI=1S/C14H18BrNO2S/c15-6-9-18-8-3-7-16-14(17)13-10-11-4-1-2-5-12(11)19-13/h1-2,4-5,13H,3,6-10H2,(H,16,17). The summed E-state index contributed by atoms with van der Waals surface area (Å²) in [5.74, 6) is 0.140. The van der Waals surface area contributed by atoms with Gasteiger partial charge in [-0.15, -0.1) is 11.8 Å². The number of amides is 1. The highest BCUT2D eigenvalue weighted by Gasteiger charge is 2.27. The molecule has 1 aliphatic rings. The SMILES string of the molecule is O=C(NCCCOCCBr)C1Cc2ccccc2S1. The Hall–Kier alpha value is -0.520. The molecule has 1 aromatic carbocycles. The molecule has 5 heteroatoms. The van der Waals surface area contributed by atoms with Crippen LogP contribution >= 0.6 is 27.7 Å².